The van der Waals surface area contributed by atoms with Crippen molar-refractivity contribution in [1.29, 1.82) is 0 Å². The molecule has 0 fully saturated rings. The molecule has 0 aliphatic heterocycles. The summed E-state index contributed by atoms with van der Waals surface area (Å²) in [4.78, 5) is 8.89. The third kappa shape index (κ3) is 2.82. The van der Waals surface area contributed by atoms with E-state index in [2.05, 4.69) is 39.2 Å². The zero-order valence-electron chi connectivity index (χ0n) is 13.6. The van der Waals surface area contributed by atoms with Crippen LogP contribution < -0.4 is 0 Å². The molecule has 2 N–H and O–H groups in total. The molecule has 1 aliphatic carbocycles. The van der Waals surface area contributed by atoms with Crippen LogP contribution in [0.25, 0.3) is 11.3 Å². The van der Waals surface area contributed by atoms with Gasteiger partial charge in [0, 0.05) is 18.2 Å². The molecule has 25 heavy (non-hydrogen) atoms. The minimum Gasteiger partial charge on any atom is -0.504 e. The molecule has 2 aromatic carbocycles. The molecule has 6 heteroatoms. The smallest absolute Gasteiger partial charge is 0.172 e. The monoisotopic (exact) mass is 332 g/mol. The second-order valence-corrected chi connectivity index (χ2v) is 6.03. The second-order valence-electron chi connectivity index (χ2n) is 6.03. The van der Waals surface area contributed by atoms with Crippen molar-refractivity contribution in [3.05, 3.63) is 64.6 Å². The average molecular weight is 332 g/mol. The van der Waals surface area contributed by atoms with E-state index in [1.165, 1.54) is 23.3 Å². The molecule has 3 aromatic rings. The molecule has 1 aromatic heterocycles. The first-order valence-electron chi connectivity index (χ1n) is 7.95. The number of aliphatic imine (C=N–C) groups is 1. The maximum absolute atomic E-state index is 9.48. The van der Waals surface area contributed by atoms with Crippen LogP contribution in [-0.2, 0) is 13.0 Å². The Bertz CT molecular complexity index is 999. The first kappa shape index (κ1) is 15.3. The Morgan fingerprint density at radius 2 is 2.00 bits per heavy atom. The lowest BCUT2D eigenvalue weighted by Crippen LogP contribution is -2.01. The predicted molar refractivity (Wildman–Crippen MR) is 93.9 cm³/mol. The summed E-state index contributed by atoms with van der Waals surface area (Å²) in [7, 11) is 0. The van der Waals surface area contributed by atoms with Crippen molar-refractivity contribution in [3.63, 3.8) is 0 Å². The first-order valence-corrected chi connectivity index (χ1v) is 7.95. The number of fused-ring (bicyclic) bond motifs is 3. The Balaban J connectivity index is 1.54. The fourth-order valence-electron chi connectivity index (χ4n) is 3.03. The van der Waals surface area contributed by atoms with Crippen molar-refractivity contribution < 1.29 is 10.2 Å². The number of hydrogen-bond acceptors (Lipinski definition) is 6. The van der Waals surface area contributed by atoms with Gasteiger partial charge >= 0.3 is 0 Å². The van der Waals surface area contributed by atoms with E-state index in [0.29, 0.717) is 17.9 Å². The molecule has 0 amide bonds. The topological polar surface area (TPSA) is 91.5 Å². The molecule has 0 unspecified atom stereocenters. The summed E-state index contributed by atoms with van der Waals surface area (Å²) >= 11 is 0. The Morgan fingerprint density at radius 1 is 1.12 bits per heavy atom. The number of phenols is 2. The third-order valence-electron chi connectivity index (χ3n) is 4.23. The van der Waals surface area contributed by atoms with Gasteiger partial charge in [-0.1, -0.05) is 18.2 Å². The van der Waals surface area contributed by atoms with E-state index < -0.39 is 0 Å². The highest BCUT2D eigenvalue weighted by Gasteiger charge is 2.23. The summed E-state index contributed by atoms with van der Waals surface area (Å²) in [5, 5.41) is 27.3. The van der Waals surface area contributed by atoms with Gasteiger partial charge in [-0.2, -0.15) is 0 Å². The molecular formula is C19H16N4O2. The maximum atomic E-state index is 9.48. The number of benzene rings is 2. The third-order valence-corrected chi connectivity index (χ3v) is 4.23. The lowest BCUT2D eigenvalue weighted by Gasteiger charge is -2.03. The first-order chi connectivity index (χ1) is 12.1. The van der Waals surface area contributed by atoms with Crippen LogP contribution in [0.3, 0.4) is 0 Å². The van der Waals surface area contributed by atoms with Gasteiger partial charge in [0.05, 0.1) is 5.69 Å². The molecule has 1 heterocycles. The van der Waals surface area contributed by atoms with Gasteiger partial charge < -0.3 is 10.2 Å². The number of rotatable bonds is 3. The molecule has 1 aliphatic rings. The van der Waals surface area contributed by atoms with Crippen molar-refractivity contribution in [1.82, 2.24) is 15.2 Å². The lowest BCUT2D eigenvalue weighted by molar-refractivity contribution is 0.403. The molecule has 0 atom stereocenters. The second kappa shape index (κ2) is 5.98. The van der Waals surface area contributed by atoms with Gasteiger partial charge in [0.2, 0.25) is 0 Å². The quantitative estimate of drug-likeness (QED) is 0.445. The number of hydrogen-bond donors (Lipinski definition) is 2. The molecule has 4 rings (SSSR count). The predicted octanol–water partition coefficient (Wildman–Crippen LogP) is 2.78. The van der Waals surface area contributed by atoms with Gasteiger partial charge in [0.25, 0.3) is 0 Å². The number of aromatic hydroxyl groups is 2. The van der Waals surface area contributed by atoms with Crippen molar-refractivity contribution in [2.24, 2.45) is 4.99 Å². The number of aromatic nitrogens is 3. The summed E-state index contributed by atoms with van der Waals surface area (Å²) in [6.07, 6.45) is 2.37. The van der Waals surface area contributed by atoms with Crippen LogP contribution in [0, 0.1) is 6.92 Å². The molecule has 0 saturated heterocycles. The van der Waals surface area contributed by atoms with Crippen molar-refractivity contribution in [3.8, 4) is 22.8 Å². The van der Waals surface area contributed by atoms with Crippen molar-refractivity contribution in [2.75, 3.05) is 0 Å². The van der Waals surface area contributed by atoms with Gasteiger partial charge in [-0.05, 0) is 41.8 Å². The highest BCUT2D eigenvalue weighted by atomic mass is 16.3. The SMILES string of the molecule is Cc1cccc2c1-c1nnc(CN=Cc3ccc(O)c(O)c3)nc1C2. The highest BCUT2D eigenvalue weighted by Crippen LogP contribution is 2.35. The van der Waals surface area contributed by atoms with Gasteiger partial charge in [0.15, 0.2) is 17.3 Å². The zero-order valence-corrected chi connectivity index (χ0v) is 13.6. The molecule has 0 spiro atoms. The van der Waals surface area contributed by atoms with Crippen LogP contribution in [0.5, 0.6) is 11.5 Å². The Hall–Kier alpha value is -3.28. The molecular weight excluding hydrogens is 316 g/mol. The maximum Gasteiger partial charge on any atom is 0.172 e. The molecule has 0 saturated carbocycles. The van der Waals surface area contributed by atoms with Crippen molar-refractivity contribution in [2.45, 2.75) is 19.9 Å². The minimum atomic E-state index is -0.174. The summed E-state index contributed by atoms with van der Waals surface area (Å²) in [5.41, 5.74) is 6.05. The molecule has 0 radical (unpaired) electrons. The Labute approximate surface area is 144 Å². The summed E-state index contributed by atoms with van der Waals surface area (Å²) in [6, 6.07) is 10.7. The van der Waals surface area contributed by atoms with Gasteiger partial charge in [0.1, 0.15) is 12.2 Å². The van der Waals surface area contributed by atoms with E-state index in [1.807, 2.05) is 6.07 Å². The van der Waals surface area contributed by atoms with Crippen LogP contribution in [0.2, 0.25) is 0 Å². The fraction of sp³-hybridized carbons (Fsp3) is 0.158. The van der Waals surface area contributed by atoms with Gasteiger partial charge in [-0.15, -0.1) is 10.2 Å². The van der Waals surface area contributed by atoms with Gasteiger partial charge in [-0.3, -0.25) is 4.99 Å². The minimum absolute atomic E-state index is 0.154. The normalized spacial score (nSPS) is 12.4. The van der Waals surface area contributed by atoms with E-state index in [4.69, 9.17) is 0 Å². The van der Waals surface area contributed by atoms with Crippen LogP contribution in [0.4, 0.5) is 0 Å². The van der Waals surface area contributed by atoms with Crippen molar-refractivity contribution >= 4 is 6.21 Å². The Morgan fingerprint density at radius 3 is 2.84 bits per heavy atom. The molecule has 6 nitrogen and oxygen atoms in total. The summed E-state index contributed by atoms with van der Waals surface area (Å²) in [6.45, 7) is 2.37. The summed E-state index contributed by atoms with van der Waals surface area (Å²) < 4.78 is 0. The fourth-order valence-corrected chi connectivity index (χ4v) is 3.03. The largest absolute Gasteiger partial charge is 0.504 e. The average Bonchev–Trinajstić information content (AvgIpc) is 2.97. The zero-order chi connectivity index (χ0) is 17.4. The van der Waals surface area contributed by atoms with E-state index in [-0.39, 0.29) is 11.5 Å². The van der Waals surface area contributed by atoms with E-state index in [9.17, 15) is 10.2 Å². The number of nitrogens with zero attached hydrogens (tertiary/aromatic N) is 4. The number of aryl methyl sites for hydroxylation is 1. The lowest BCUT2D eigenvalue weighted by atomic mass is 10.0. The molecule has 124 valence electrons. The molecule has 0 bridgehead atoms. The van der Waals surface area contributed by atoms with Crippen LogP contribution in [0.1, 0.15) is 28.2 Å². The van der Waals surface area contributed by atoms with Crippen LogP contribution in [0.15, 0.2) is 41.4 Å². The van der Waals surface area contributed by atoms with Crippen LogP contribution >= 0.6 is 0 Å². The van der Waals surface area contributed by atoms with Crippen LogP contribution in [-0.4, -0.2) is 31.6 Å². The standard InChI is InChI=1S/C19H16N4O2/c1-11-3-2-4-13-8-14-19(18(11)13)23-22-17(21-14)10-20-9-12-5-6-15(24)16(25)7-12/h2-7,9,24-25H,8,10H2,1H3. The van der Waals surface area contributed by atoms with E-state index in [1.54, 1.807) is 12.3 Å². The Kier molecular flexibility index (Phi) is 3.65. The highest BCUT2D eigenvalue weighted by molar-refractivity contribution is 5.80. The summed E-state index contributed by atoms with van der Waals surface area (Å²) in [5.74, 6) is 0.231. The number of phenolic OH excluding ortho intramolecular Hbond substituents is 2. The van der Waals surface area contributed by atoms with E-state index >= 15 is 0 Å². The van der Waals surface area contributed by atoms with Gasteiger partial charge in [-0.25, -0.2) is 4.98 Å². The van der Waals surface area contributed by atoms with E-state index in [0.717, 1.165) is 23.4 Å².